The molecular formula is C16H23N3O2. The fraction of sp³-hybridized carbons (Fsp3) is 0.500. The van der Waals surface area contributed by atoms with Crippen molar-refractivity contribution in [3.63, 3.8) is 0 Å². The third-order valence-corrected chi connectivity index (χ3v) is 3.66. The van der Waals surface area contributed by atoms with Crippen molar-refractivity contribution in [2.75, 3.05) is 32.0 Å². The molecule has 2 amide bonds. The maximum atomic E-state index is 12.5. The van der Waals surface area contributed by atoms with Gasteiger partial charge >= 0.3 is 0 Å². The second-order valence-electron chi connectivity index (χ2n) is 5.30. The maximum Gasteiger partial charge on any atom is 0.255 e. The zero-order valence-electron chi connectivity index (χ0n) is 12.5. The Balaban J connectivity index is 2.02. The number of anilines is 1. The molecule has 5 heteroatoms. The Morgan fingerprint density at radius 3 is 2.62 bits per heavy atom. The van der Waals surface area contributed by atoms with Crippen molar-refractivity contribution in [1.29, 1.82) is 0 Å². The number of likely N-dealkylation sites (tertiary alicyclic amines) is 1. The molecule has 5 nitrogen and oxygen atoms in total. The van der Waals surface area contributed by atoms with Gasteiger partial charge in [-0.05, 0) is 45.0 Å². The van der Waals surface area contributed by atoms with E-state index in [1.54, 1.807) is 12.1 Å². The van der Waals surface area contributed by atoms with Gasteiger partial charge in [-0.3, -0.25) is 9.59 Å². The average molecular weight is 289 g/mol. The number of benzene rings is 1. The van der Waals surface area contributed by atoms with E-state index >= 15 is 0 Å². The normalized spacial score (nSPS) is 14.2. The molecule has 0 bridgehead atoms. The van der Waals surface area contributed by atoms with Crippen LogP contribution in [0.2, 0.25) is 0 Å². The van der Waals surface area contributed by atoms with Crippen molar-refractivity contribution < 1.29 is 9.59 Å². The molecule has 0 saturated carbocycles. The number of carbonyl (C=O) groups is 2. The minimum absolute atomic E-state index is 0.0126. The number of nitrogens with zero attached hydrogens (tertiary/aromatic N) is 1. The Morgan fingerprint density at radius 2 is 1.90 bits per heavy atom. The lowest BCUT2D eigenvalue weighted by Gasteiger charge is -2.18. The van der Waals surface area contributed by atoms with Gasteiger partial charge in [0.05, 0.1) is 11.3 Å². The lowest BCUT2D eigenvalue weighted by atomic mass is 10.1. The highest BCUT2D eigenvalue weighted by Crippen LogP contribution is 2.20. The van der Waals surface area contributed by atoms with Crippen molar-refractivity contribution in [1.82, 2.24) is 10.2 Å². The van der Waals surface area contributed by atoms with Gasteiger partial charge in [0.25, 0.3) is 5.91 Å². The molecule has 1 aliphatic heterocycles. The molecule has 114 valence electrons. The van der Waals surface area contributed by atoms with Crippen LogP contribution in [0.5, 0.6) is 0 Å². The first-order valence-electron chi connectivity index (χ1n) is 7.55. The van der Waals surface area contributed by atoms with Crippen molar-refractivity contribution in [2.45, 2.75) is 25.7 Å². The van der Waals surface area contributed by atoms with Crippen LogP contribution < -0.4 is 10.6 Å². The summed E-state index contributed by atoms with van der Waals surface area (Å²) < 4.78 is 0. The van der Waals surface area contributed by atoms with Crippen LogP contribution in [-0.4, -0.2) is 43.4 Å². The van der Waals surface area contributed by atoms with E-state index in [0.29, 0.717) is 17.7 Å². The number of para-hydroxylation sites is 1. The third-order valence-electron chi connectivity index (χ3n) is 3.66. The standard InChI is InChI=1S/C16H23N3O2/c1-17-10-6-9-15(20)18-14-8-3-2-7-13(14)16(21)19-11-4-5-12-19/h2-3,7-8,17H,4-6,9-12H2,1H3,(H,18,20). The van der Waals surface area contributed by atoms with E-state index in [1.165, 1.54) is 0 Å². The predicted octanol–water partition coefficient (Wildman–Crippen LogP) is 1.86. The SMILES string of the molecule is CNCCCC(=O)Nc1ccccc1C(=O)N1CCCC1. The number of hydrogen-bond acceptors (Lipinski definition) is 3. The van der Waals surface area contributed by atoms with Gasteiger partial charge in [0.1, 0.15) is 0 Å². The molecule has 0 aliphatic carbocycles. The Morgan fingerprint density at radius 1 is 1.19 bits per heavy atom. The summed E-state index contributed by atoms with van der Waals surface area (Å²) in [6.07, 6.45) is 3.35. The van der Waals surface area contributed by atoms with Gasteiger partial charge in [-0.1, -0.05) is 12.1 Å². The van der Waals surface area contributed by atoms with E-state index in [0.717, 1.165) is 38.9 Å². The van der Waals surface area contributed by atoms with Gasteiger partial charge in [0, 0.05) is 19.5 Å². The van der Waals surface area contributed by atoms with Crippen LogP contribution in [-0.2, 0) is 4.79 Å². The monoisotopic (exact) mass is 289 g/mol. The number of hydrogen-bond donors (Lipinski definition) is 2. The Kier molecular flexibility index (Phi) is 5.75. The van der Waals surface area contributed by atoms with Gasteiger partial charge < -0.3 is 15.5 Å². The van der Waals surface area contributed by atoms with Gasteiger partial charge in [0.15, 0.2) is 0 Å². The summed E-state index contributed by atoms with van der Waals surface area (Å²) in [5, 5.41) is 5.87. The van der Waals surface area contributed by atoms with Gasteiger partial charge in [-0.2, -0.15) is 0 Å². The van der Waals surface area contributed by atoms with E-state index in [4.69, 9.17) is 0 Å². The van der Waals surface area contributed by atoms with Crippen molar-refractivity contribution in [3.8, 4) is 0 Å². The summed E-state index contributed by atoms with van der Waals surface area (Å²) in [6.45, 7) is 2.42. The first kappa shape index (κ1) is 15.5. The summed E-state index contributed by atoms with van der Waals surface area (Å²) in [7, 11) is 1.86. The minimum Gasteiger partial charge on any atom is -0.339 e. The van der Waals surface area contributed by atoms with E-state index in [9.17, 15) is 9.59 Å². The molecule has 1 saturated heterocycles. The second-order valence-corrected chi connectivity index (χ2v) is 5.30. The first-order chi connectivity index (χ1) is 10.2. The zero-order valence-corrected chi connectivity index (χ0v) is 12.5. The largest absolute Gasteiger partial charge is 0.339 e. The maximum absolute atomic E-state index is 12.5. The molecule has 1 aliphatic rings. The summed E-state index contributed by atoms with van der Waals surface area (Å²) in [4.78, 5) is 26.2. The first-order valence-corrected chi connectivity index (χ1v) is 7.55. The molecular weight excluding hydrogens is 266 g/mol. The molecule has 2 N–H and O–H groups in total. The number of nitrogens with one attached hydrogen (secondary N) is 2. The van der Waals surface area contributed by atoms with Crippen LogP contribution in [0.1, 0.15) is 36.0 Å². The van der Waals surface area contributed by atoms with Crippen LogP contribution in [0.15, 0.2) is 24.3 Å². The Bertz CT molecular complexity index is 496. The molecule has 1 heterocycles. The van der Waals surface area contributed by atoms with Gasteiger partial charge in [-0.25, -0.2) is 0 Å². The average Bonchev–Trinajstić information content (AvgIpc) is 3.01. The summed E-state index contributed by atoms with van der Waals surface area (Å²) in [5.74, 6) is -0.0365. The predicted molar refractivity (Wildman–Crippen MR) is 83.4 cm³/mol. The number of amides is 2. The number of carbonyl (C=O) groups excluding carboxylic acids is 2. The van der Waals surface area contributed by atoms with E-state index < -0.39 is 0 Å². The fourth-order valence-electron chi connectivity index (χ4n) is 2.51. The second kappa shape index (κ2) is 7.78. The van der Waals surface area contributed by atoms with E-state index in [-0.39, 0.29) is 11.8 Å². The lowest BCUT2D eigenvalue weighted by molar-refractivity contribution is -0.116. The highest BCUT2D eigenvalue weighted by atomic mass is 16.2. The summed E-state index contributed by atoms with van der Waals surface area (Å²) in [6, 6.07) is 7.24. The van der Waals surface area contributed by atoms with Crippen LogP contribution in [0, 0.1) is 0 Å². The smallest absolute Gasteiger partial charge is 0.255 e. The molecule has 0 atom stereocenters. The van der Waals surface area contributed by atoms with Crippen LogP contribution in [0.3, 0.4) is 0 Å². The third kappa shape index (κ3) is 4.29. The topological polar surface area (TPSA) is 61.4 Å². The van der Waals surface area contributed by atoms with E-state index in [2.05, 4.69) is 10.6 Å². The van der Waals surface area contributed by atoms with Gasteiger partial charge in [-0.15, -0.1) is 0 Å². The fourth-order valence-corrected chi connectivity index (χ4v) is 2.51. The van der Waals surface area contributed by atoms with E-state index in [1.807, 2.05) is 24.1 Å². The molecule has 0 aromatic heterocycles. The molecule has 1 aromatic carbocycles. The quantitative estimate of drug-likeness (QED) is 0.786. The van der Waals surface area contributed by atoms with Crippen LogP contribution in [0.25, 0.3) is 0 Å². The van der Waals surface area contributed by atoms with Crippen LogP contribution in [0.4, 0.5) is 5.69 Å². The lowest BCUT2D eigenvalue weighted by Crippen LogP contribution is -2.28. The highest BCUT2D eigenvalue weighted by molar-refractivity contribution is 6.03. The summed E-state index contributed by atoms with van der Waals surface area (Å²) >= 11 is 0. The highest BCUT2D eigenvalue weighted by Gasteiger charge is 2.22. The zero-order chi connectivity index (χ0) is 15.1. The molecule has 1 aromatic rings. The van der Waals surface area contributed by atoms with Crippen molar-refractivity contribution in [2.24, 2.45) is 0 Å². The molecule has 0 radical (unpaired) electrons. The van der Waals surface area contributed by atoms with Crippen LogP contribution >= 0.6 is 0 Å². The van der Waals surface area contributed by atoms with Crippen molar-refractivity contribution in [3.05, 3.63) is 29.8 Å². The molecule has 2 rings (SSSR count). The molecule has 21 heavy (non-hydrogen) atoms. The number of rotatable bonds is 6. The van der Waals surface area contributed by atoms with Gasteiger partial charge in [0.2, 0.25) is 5.91 Å². The van der Waals surface area contributed by atoms with Crippen molar-refractivity contribution >= 4 is 17.5 Å². The molecule has 1 fully saturated rings. The molecule has 0 spiro atoms. The molecule has 0 unspecified atom stereocenters. The minimum atomic E-state index is -0.0491. The Labute approximate surface area is 125 Å². The Hall–Kier alpha value is -1.88. The summed E-state index contributed by atoms with van der Waals surface area (Å²) in [5.41, 5.74) is 1.20.